The normalized spacial score (nSPS) is 13.8. The number of hydrogen-bond acceptors (Lipinski definition) is 8. The molecule has 0 bridgehead atoms. The van der Waals surface area contributed by atoms with Gasteiger partial charge in [0.05, 0.1) is 18.8 Å². The van der Waals surface area contributed by atoms with Crippen LogP contribution >= 0.6 is 0 Å². The number of aromatic nitrogens is 1. The number of ether oxygens (including phenoxy) is 1. The van der Waals surface area contributed by atoms with Crippen LogP contribution in [0.5, 0.6) is 5.88 Å². The SMILES string of the molecule is CCCCOc1cc(N(CC=O)Cc2ccc(CN3CCCC3)cc2)c(N=O)c(N)n1. The molecule has 0 unspecified atom stereocenters. The van der Waals surface area contributed by atoms with E-state index in [4.69, 9.17) is 10.5 Å². The number of benzene rings is 1. The summed E-state index contributed by atoms with van der Waals surface area (Å²) in [5, 5.41) is 3.07. The zero-order valence-electron chi connectivity index (χ0n) is 18.1. The lowest BCUT2D eigenvalue weighted by Crippen LogP contribution is -2.25. The van der Waals surface area contributed by atoms with E-state index in [1.165, 1.54) is 18.4 Å². The van der Waals surface area contributed by atoms with Gasteiger partial charge in [0.15, 0.2) is 11.5 Å². The van der Waals surface area contributed by atoms with Crippen molar-refractivity contribution < 1.29 is 9.53 Å². The summed E-state index contributed by atoms with van der Waals surface area (Å²) in [5.74, 6) is 0.320. The van der Waals surface area contributed by atoms with Gasteiger partial charge in [-0.1, -0.05) is 37.6 Å². The van der Waals surface area contributed by atoms with Crippen LogP contribution in [0.1, 0.15) is 43.7 Å². The predicted molar refractivity (Wildman–Crippen MR) is 123 cm³/mol. The number of nitrogens with two attached hydrogens (primary N) is 1. The average Bonchev–Trinajstić information content (AvgIpc) is 3.28. The third-order valence-corrected chi connectivity index (χ3v) is 5.45. The highest BCUT2D eigenvalue weighted by Crippen LogP contribution is 2.36. The molecule has 0 amide bonds. The molecule has 0 radical (unpaired) electrons. The van der Waals surface area contributed by atoms with Gasteiger partial charge in [0.1, 0.15) is 6.29 Å². The highest BCUT2D eigenvalue weighted by molar-refractivity contribution is 5.79. The zero-order chi connectivity index (χ0) is 22.1. The Hall–Kier alpha value is -3.00. The summed E-state index contributed by atoms with van der Waals surface area (Å²) in [6.45, 7) is 6.36. The first-order valence-electron chi connectivity index (χ1n) is 10.9. The monoisotopic (exact) mass is 425 g/mol. The number of carbonyl (C=O) groups is 1. The third kappa shape index (κ3) is 6.24. The topological polar surface area (TPSA) is 101 Å². The van der Waals surface area contributed by atoms with Crippen molar-refractivity contribution in [3.8, 4) is 5.88 Å². The van der Waals surface area contributed by atoms with Gasteiger partial charge in [-0.3, -0.25) is 4.90 Å². The fourth-order valence-corrected chi connectivity index (χ4v) is 3.76. The lowest BCUT2D eigenvalue weighted by Gasteiger charge is -2.24. The molecule has 8 heteroatoms. The number of aldehydes is 1. The van der Waals surface area contributed by atoms with Crippen molar-refractivity contribution in [3.05, 3.63) is 46.4 Å². The molecule has 8 nitrogen and oxygen atoms in total. The van der Waals surface area contributed by atoms with E-state index < -0.39 is 0 Å². The first kappa shape index (κ1) is 22.7. The van der Waals surface area contributed by atoms with E-state index in [-0.39, 0.29) is 18.1 Å². The molecule has 1 fully saturated rings. The Morgan fingerprint density at radius 2 is 1.94 bits per heavy atom. The van der Waals surface area contributed by atoms with Gasteiger partial charge >= 0.3 is 0 Å². The first-order valence-corrected chi connectivity index (χ1v) is 10.9. The number of rotatable bonds is 12. The Balaban J connectivity index is 1.78. The highest BCUT2D eigenvalue weighted by atomic mass is 16.5. The Morgan fingerprint density at radius 3 is 2.58 bits per heavy atom. The van der Waals surface area contributed by atoms with E-state index in [9.17, 15) is 9.70 Å². The molecule has 0 saturated carbocycles. The molecule has 1 saturated heterocycles. The Labute approximate surface area is 183 Å². The summed E-state index contributed by atoms with van der Waals surface area (Å²) in [6, 6.07) is 9.98. The van der Waals surface area contributed by atoms with Gasteiger partial charge in [0.25, 0.3) is 0 Å². The van der Waals surface area contributed by atoms with Crippen molar-refractivity contribution >= 4 is 23.5 Å². The molecular weight excluding hydrogens is 394 g/mol. The standard InChI is InChI=1S/C23H31N5O3/c1-2-3-14-31-21-15-20(22(26-30)23(24)25-21)28(12-13-29)17-19-8-6-18(7-9-19)16-27-10-4-5-11-27/h6-9,13,15H,2-5,10-12,14,16-17H2,1H3,(H2,24,25). The number of carbonyl (C=O) groups excluding carboxylic acids is 1. The van der Waals surface area contributed by atoms with Gasteiger partial charge in [-0.2, -0.15) is 4.98 Å². The average molecular weight is 426 g/mol. The fourth-order valence-electron chi connectivity index (χ4n) is 3.76. The molecule has 2 aromatic rings. The first-order chi connectivity index (χ1) is 15.1. The minimum Gasteiger partial charge on any atom is -0.478 e. The van der Waals surface area contributed by atoms with Crippen LogP contribution < -0.4 is 15.4 Å². The summed E-state index contributed by atoms with van der Waals surface area (Å²) in [5.41, 5.74) is 8.71. The zero-order valence-corrected chi connectivity index (χ0v) is 18.1. The quantitative estimate of drug-likeness (QED) is 0.311. The molecule has 1 aliphatic heterocycles. The third-order valence-electron chi connectivity index (χ3n) is 5.45. The van der Waals surface area contributed by atoms with Gasteiger partial charge < -0.3 is 20.2 Å². The van der Waals surface area contributed by atoms with E-state index in [1.807, 2.05) is 0 Å². The maximum absolute atomic E-state index is 11.5. The molecule has 0 spiro atoms. The van der Waals surface area contributed by atoms with E-state index >= 15 is 0 Å². The summed E-state index contributed by atoms with van der Waals surface area (Å²) in [6.07, 6.45) is 5.20. The fraction of sp³-hybridized carbons (Fsp3) is 0.478. The maximum Gasteiger partial charge on any atom is 0.217 e. The molecule has 0 atom stereocenters. The van der Waals surface area contributed by atoms with Crippen LogP contribution in [0.4, 0.5) is 17.2 Å². The predicted octanol–water partition coefficient (Wildman–Crippen LogP) is 4.04. The molecule has 2 N–H and O–H groups in total. The Morgan fingerprint density at radius 1 is 1.23 bits per heavy atom. The molecule has 1 aromatic heterocycles. The second-order valence-electron chi connectivity index (χ2n) is 7.85. The Bertz CT molecular complexity index is 866. The largest absolute Gasteiger partial charge is 0.478 e. The van der Waals surface area contributed by atoms with Gasteiger partial charge in [-0.05, 0) is 48.7 Å². The number of hydrogen-bond donors (Lipinski definition) is 1. The molecule has 31 heavy (non-hydrogen) atoms. The van der Waals surface area contributed by atoms with Crippen molar-refractivity contribution in [3.63, 3.8) is 0 Å². The number of pyridine rings is 1. The van der Waals surface area contributed by atoms with E-state index in [1.54, 1.807) is 11.0 Å². The van der Waals surface area contributed by atoms with Crippen LogP contribution in [-0.4, -0.2) is 42.4 Å². The number of anilines is 2. The van der Waals surface area contributed by atoms with Crippen molar-refractivity contribution in [1.82, 2.24) is 9.88 Å². The van der Waals surface area contributed by atoms with Crippen molar-refractivity contribution in [2.24, 2.45) is 5.18 Å². The van der Waals surface area contributed by atoms with E-state index in [2.05, 4.69) is 46.2 Å². The number of nitrogen functional groups attached to an aromatic ring is 1. The minimum atomic E-state index is -0.00383. The summed E-state index contributed by atoms with van der Waals surface area (Å²) < 4.78 is 5.67. The van der Waals surface area contributed by atoms with Crippen molar-refractivity contribution in [2.45, 2.75) is 45.7 Å². The van der Waals surface area contributed by atoms with Crippen LogP contribution in [-0.2, 0) is 17.9 Å². The second kappa shape index (κ2) is 11.4. The molecule has 1 aromatic carbocycles. The summed E-state index contributed by atoms with van der Waals surface area (Å²) >= 11 is 0. The summed E-state index contributed by atoms with van der Waals surface area (Å²) in [7, 11) is 0. The lowest BCUT2D eigenvalue weighted by molar-refractivity contribution is -0.106. The van der Waals surface area contributed by atoms with Gasteiger partial charge in [0.2, 0.25) is 5.88 Å². The highest BCUT2D eigenvalue weighted by Gasteiger charge is 2.19. The number of unbranched alkanes of at least 4 members (excludes halogenated alkanes) is 1. The minimum absolute atomic E-state index is 0.00383. The van der Waals surface area contributed by atoms with E-state index in [0.717, 1.165) is 44.3 Å². The maximum atomic E-state index is 11.5. The molecule has 1 aliphatic rings. The smallest absolute Gasteiger partial charge is 0.217 e. The number of nitroso groups, excluding NO2 is 1. The van der Waals surface area contributed by atoms with Crippen molar-refractivity contribution in [1.29, 1.82) is 0 Å². The molecule has 2 heterocycles. The van der Waals surface area contributed by atoms with Gasteiger partial charge in [-0.25, -0.2) is 0 Å². The lowest BCUT2D eigenvalue weighted by atomic mass is 10.1. The van der Waals surface area contributed by atoms with Gasteiger partial charge in [0, 0.05) is 19.2 Å². The molecular formula is C23H31N5O3. The number of likely N-dealkylation sites (tertiary alicyclic amines) is 1. The van der Waals surface area contributed by atoms with Crippen LogP contribution in [0.15, 0.2) is 35.5 Å². The molecule has 3 rings (SSSR count). The van der Waals surface area contributed by atoms with Crippen molar-refractivity contribution in [2.75, 3.05) is 36.9 Å². The van der Waals surface area contributed by atoms with Crippen LogP contribution in [0.3, 0.4) is 0 Å². The summed E-state index contributed by atoms with van der Waals surface area (Å²) in [4.78, 5) is 31.2. The molecule has 0 aliphatic carbocycles. The van der Waals surface area contributed by atoms with Crippen LogP contribution in [0.25, 0.3) is 0 Å². The van der Waals surface area contributed by atoms with Crippen LogP contribution in [0, 0.1) is 4.91 Å². The van der Waals surface area contributed by atoms with Crippen LogP contribution in [0.2, 0.25) is 0 Å². The number of nitrogens with zero attached hydrogens (tertiary/aromatic N) is 4. The Kier molecular flexibility index (Phi) is 8.35. The molecule has 166 valence electrons. The van der Waals surface area contributed by atoms with Gasteiger partial charge in [-0.15, -0.1) is 4.91 Å². The van der Waals surface area contributed by atoms with E-state index in [0.29, 0.717) is 24.7 Å². The second-order valence-corrected chi connectivity index (χ2v) is 7.85.